The van der Waals surface area contributed by atoms with Crippen molar-refractivity contribution in [3.63, 3.8) is 0 Å². The van der Waals surface area contributed by atoms with E-state index in [4.69, 9.17) is 0 Å². The summed E-state index contributed by atoms with van der Waals surface area (Å²) in [5.41, 5.74) is -0.173. The Morgan fingerprint density at radius 3 is 2.24 bits per heavy atom. The van der Waals surface area contributed by atoms with Crippen molar-refractivity contribution >= 4 is 17.8 Å². The van der Waals surface area contributed by atoms with E-state index >= 15 is 0 Å². The summed E-state index contributed by atoms with van der Waals surface area (Å²) in [5.74, 6) is 1.86. The van der Waals surface area contributed by atoms with Gasteiger partial charge in [-0.3, -0.25) is 14.5 Å². The van der Waals surface area contributed by atoms with Gasteiger partial charge in [-0.1, -0.05) is 30.3 Å². The fourth-order valence-electron chi connectivity index (χ4n) is 6.80. The van der Waals surface area contributed by atoms with Gasteiger partial charge in [-0.25, -0.2) is 4.79 Å². The van der Waals surface area contributed by atoms with Gasteiger partial charge in [-0.2, -0.15) is 0 Å². The molecule has 6 heteroatoms. The number of nitrogens with zero attached hydrogens (tertiary/aromatic N) is 1. The van der Waals surface area contributed by atoms with Gasteiger partial charge in [0.15, 0.2) is 0 Å². The zero-order valence-corrected chi connectivity index (χ0v) is 16.9. The standard InChI is InChI=1S/C23H29N3O3/c1-22(18-5-3-2-4-6-18)20(28)26(21(29)25-22)13-19(27)24-14-23-10-15-7-16(11-23)9-17(8-15)12-23/h2-6,15-17H,7-14H2,1H3,(H,24,27)(H,25,29)/t15?,16?,17?,22-,23?/m1/s1. The topological polar surface area (TPSA) is 78.5 Å². The Morgan fingerprint density at radius 2 is 1.66 bits per heavy atom. The molecule has 4 amide bonds. The van der Waals surface area contributed by atoms with Gasteiger partial charge in [0.2, 0.25) is 5.91 Å². The Morgan fingerprint density at radius 1 is 1.07 bits per heavy atom. The predicted molar refractivity (Wildman–Crippen MR) is 108 cm³/mol. The van der Waals surface area contributed by atoms with Gasteiger partial charge in [0, 0.05) is 6.54 Å². The van der Waals surface area contributed by atoms with Crippen LogP contribution in [0.25, 0.3) is 0 Å². The van der Waals surface area contributed by atoms with Crippen molar-refractivity contribution in [1.82, 2.24) is 15.5 Å². The van der Waals surface area contributed by atoms with Crippen LogP contribution in [0.5, 0.6) is 0 Å². The smallest absolute Gasteiger partial charge is 0.325 e. The van der Waals surface area contributed by atoms with Gasteiger partial charge >= 0.3 is 6.03 Å². The zero-order valence-electron chi connectivity index (χ0n) is 16.9. The van der Waals surface area contributed by atoms with E-state index in [0.29, 0.717) is 6.54 Å². The number of rotatable bonds is 5. The molecule has 5 fully saturated rings. The van der Waals surface area contributed by atoms with Crippen LogP contribution in [-0.2, 0) is 15.1 Å². The van der Waals surface area contributed by atoms with E-state index in [1.165, 1.54) is 38.5 Å². The lowest BCUT2D eigenvalue weighted by Crippen LogP contribution is -2.52. The average Bonchev–Trinajstić information content (AvgIpc) is 2.90. The summed E-state index contributed by atoms with van der Waals surface area (Å²) < 4.78 is 0. The molecule has 5 aliphatic rings. The van der Waals surface area contributed by atoms with Crippen LogP contribution in [0.1, 0.15) is 51.0 Å². The molecule has 29 heavy (non-hydrogen) atoms. The van der Waals surface area contributed by atoms with Crippen LogP contribution in [0.3, 0.4) is 0 Å². The number of imide groups is 1. The number of benzene rings is 1. The molecule has 1 heterocycles. The van der Waals surface area contributed by atoms with E-state index in [-0.39, 0.29) is 23.8 Å². The summed E-state index contributed by atoms with van der Waals surface area (Å²) in [4.78, 5) is 39.1. The number of carbonyl (C=O) groups is 3. The van der Waals surface area contributed by atoms with Gasteiger partial charge in [-0.05, 0) is 74.2 Å². The quantitative estimate of drug-likeness (QED) is 0.753. The van der Waals surface area contributed by atoms with Crippen molar-refractivity contribution in [3.8, 4) is 0 Å². The molecule has 154 valence electrons. The third kappa shape index (κ3) is 3.13. The summed E-state index contributed by atoms with van der Waals surface area (Å²) in [6.45, 7) is 2.14. The molecule has 4 saturated carbocycles. The lowest BCUT2D eigenvalue weighted by molar-refractivity contribution is -0.135. The molecule has 0 aromatic heterocycles. The Hall–Kier alpha value is -2.37. The molecular formula is C23H29N3O3. The number of nitrogens with one attached hydrogen (secondary N) is 2. The second-order valence-corrected chi connectivity index (χ2v) is 10.0. The van der Waals surface area contributed by atoms with E-state index in [9.17, 15) is 14.4 Å². The molecule has 6 rings (SSSR count). The molecule has 2 N–H and O–H groups in total. The first kappa shape index (κ1) is 18.6. The van der Waals surface area contributed by atoms with Crippen LogP contribution in [0.4, 0.5) is 4.79 Å². The lowest BCUT2D eigenvalue weighted by Gasteiger charge is -2.56. The molecule has 0 spiro atoms. The Kier molecular flexibility index (Phi) is 4.23. The number of hydrogen-bond donors (Lipinski definition) is 2. The Bertz CT molecular complexity index is 817. The van der Waals surface area contributed by atoms with Crippen molar-refractivity contribution < 1.29 is 14.4 Å². The summed E-state index contributed by atoms with van der Waals surface area (Å²) in [6.07, 6.45) is 7.76. The number of urea groups is 1. The van der Waals surface area contributed by atoms with Crippen LogP contribution in [0.15, 0.2) is 30.3 Å². The molecule has 0 radical (unpaired) electrons. The lowest BCUT2D eigenvalue weighted by atomic mass is 9.49. The first-order chi connectivity index (χ1) is 13.9. The minimum absolute atomic E-state index is 0.223. The van der Waals surface area contributed by atoms with Gasteiger partial charge in [0.25, 0.3) is 5.91 Å². The molecule has 1 aliphatic heterocycles. The Labute approximate surface area is 171 Å². The van der Waals surface area contributed by atoms with Crippen molar-refractivity contribution in [1.29, 1.82) is 0 Å². The molecule has 4 aliphatic carbocycles. The van der Waals surface area contributed by atoms with E-state index in [1.807, 2.05) is 30.3 Å². The Balaban J connectivity index is 1.22. The highest BCUT2D eigenvalue weighted by atomic mass is 16.2. The first-order valence-corrected chi connectivity index (χ1v) is 10.8. The third-order valence-electron chi connectivity index (χ3n) is 7.75. The van der Waals surface area contributed by atoms with Crippen LogP contribution < -0.4 is 10.6 Å². The number of carbonyl (C=O) groups excluding carboxylic acids is 3. The maximum Gasteiger partial charge on any atom is 0.325 e. The second-order valence-electron chi connectivity index (χ2n) is 10.0. The summed E-state index contributed by atoms with van der Waals surface area (Å²) in [7, 11) is 0. The van der Waals surface area contributed by atoms with Gasteiger partial charge in [-0.15, -0.1) is 0 Å². The maximum atomic E-state index is 13.0. The molecule has 1 atom stereocenters. The van der Waals surface area contributed by atoms with Crippen LogP contribution in [0.2, 0.25) is 0 Å². The predicted octanol–water partition coefficient (Wildman–Crippen LogP) is 2.79. The van der Waals surface area contributed by atoms with Crippen molar-refractivity contribution in [2.75, 3.05) is 13.1 Å². The average molecular weight is 396 g/mol. The highest BCUT2D eigenvalue weighted by Crippen LogP contribution is 2.59. The highest BCUT2D eigenvalue weighted by Gasteiger charge is 2.52. The van der Waals surface area contributed by atoms with E-state index in [1.54, 1.807) is 6.92 Å². The minimum Gasteiger partial charge on any atom is -0.354 e. The summed E-state index contributed by atoms with van der Waals surface area (Å²) in [6, 6.07) is 8.65. The van der Waals surface area contributed by atoms with Crippen LogP contribution >= 0.6 is 0 Å². The normalized spacial score (nSPS) is 37.7. The fraction of sp³-hybridized carbons (Fsp3) is 0.609. The van der Waals surface area contributed by atoms with Gasteiger partial charge in [0.05, 0.1) is 0 Å². The molecule has 0 unspecified atom stereocenters. The second kappa shape index (κ2) is 6.57. The van der Waals surface area contributed by atoms with Crippen molar-refractivity contribution in [3.05, 3.63) is 35.9 Å². The molecule has 1 aromatic rings. The maximum absolute atomic E-state index is 13.0. The van der Waals surface area contributed by atoms with Crippen LogP contribution in [0, 0.1) is 23.2 Å². The van der Waals surface area contributed by atoms with E-state index in [2.05, 4.69) is 10.6 Å². The zero-order chi connectivity index (χ0) is 20.2. The molecule has 1 saturated heterocycles. The van der Waals surface area contributed by atoms with Crippen molar-refractivity contribution in [2.45, 2.75) is 51.0 Å². The first-order valence-electron chi connectivity index (χ1n) is 10.8. The number of amides is 4. The van der Waals surface area contributed by atoms with E-state index in [0.717, 1.165) is 28.2 Å². The SMILES string of the molecule is C[C@]1(c2ccccc2)NC(=O)N(CC(=O)NCC23CC4CC(CC(C4)C2)C3)C1=O. The molecule has 6 nitrogen and oxygen atoms in total. The third-order valence-corrected chi connectivity index (χ3v) is 7.75. The van der Waals surface area contributed by atoms with Crippen molar-refractivity contribution in [2.24, 2.45) is 23.2 Å². The molecule has 4 bridgehead atoms. The number of hydrogen-bond acceptors (Lipinski definition) is 3. The molecule has 1 aromatic carbocycles. The highest BCUT2D eigenvalue weighted by molar-refractivity contribution is 6.09. The largest absolute Gasteiger partial charge is 0.354 e. The minimum atomic E-state index is -1.13. The fourth-order valence-corrected chi connectivity index (χ4v) is 6.80. The summed E-state index contributed by atoms with van der Waals surface area (Å²) >= 11 is 0. The van der Waals surface area contributed by atoms with Gasteiger partial charge in [0.1, 0.15) is 12.1 Å². The monoisotopic (exact) mass is 395 g/mol. The summed E-state index contributed by atoms with van der Waals surface area (Å²) in [5, 5.41) is 5.82. The van der Waals surface area contributed by atoms with E-state index < -0.39 is 11.6 Å². The molecular weight excluding hydrogens is 366 g/mol. The van der Waals surface area contributed by atoms with Gasteiger partial charge < -0.3 is 10.6 Å². The van der Waals surface area contributed by atoms with Crippen LogP contribution in [-0.4, -0.2) is 35.8 Å².